The van der Waals surface area contributed by atoms with Crippen molar-refractivity contribution < 1.29 is 27.5 Å². The molecular weight excluding hydrogens is 628 g/mol. The van der Waals surface area contributed by atoms with Gasteiger partial charge in [0.1, 0.15) is 11.4 Å². The Morgan fingerprint density at radius 3 is 2.70 bits per heavy atom. The van der Waals surface area contributed by atoms with Gasteiger partial charge in [0.15, 0.2) is 0 Å². The van der Waals surface area contributed by atoms with Gasteiger partial charge in [-0.05, 0) is 99.2 Å². The van der Waals surface area contributed by atoms with E-state index in [4.69, 9.17) is 21.1 Å². The maximum atomic E-state index is 13.6. The van der Waals surface area contributed by atoms with E-state index in [9.17, 15) is 18.0 Å². The molecule has 0 unspecified atom stereocenters. The van der Waals surface area contributed by atoms with E-state index in [1.54, 1.807) is 32.3 Å². The van der Waals surface area contributed by atoms with Crippen LogP contribution in [0.3, 0.4) is 0 Å². The van der Waals surface area contributed by atoms with Gasteiger partial charge < -0.3 is 24.6 Å². The van der Waals surface area contributed by atoms with Gasteiger partial charge in [-0.15, -0.1) is 0 Å². The Hall–Kier alpha value is -3.28. The number of sulfonamides is 1. The Bertz CT molecular complexity index is 1660. The van der Waals surface area contributed by atoms with Crippen LogP contribution in [0.1, 0.15) is 50.7 Å². The molecule has 248 valence electrons. The van der Waals surface area contributed by atoms with E-state index in [0.717, 1.165) is 32.1 Å². The third-order valence-electron chi connectivity index (χ3n) is 10.1. The van der Waals surface area contributed by atoms with Crippen LogP contribution < -0.4 is 19.7 Å². The fourth-order valence-corrected chi connectivity index (χ4v) is 8.55. The molecule has 10 nitrogen and oxygen atoms in total. The smallest absolute Gasteiger partial charge is 0.317 e. The Balaban J connectivity index is 1.44. The number of hydrogen-bond donors (Lipinski definition) is 2. The average molecular weight is 671 g/mol. The van der Waals surface area contributed by atoms with E-state index in [0.29, 0.717) is 36.2 Å². The van der Waals surface area contributed by atoms with Crippen molar-refractivity contribution in [2.45, 2.75) is 67.9 Å². The number of fused-ring (bicyclic) bond motifs is 4. The maximum Gasteiger partial charge on any atom is 0.317 e. The number of urea groups is 1. The fourth-order valence-electron chi connectivity index (χ4n) is 7.24. The highest BCUT2D eigenvalue weighted by Gasteiger charge is 2.45. The number of rotatable bonds is 1. The summed E-state index contributed by atoms with van der Waals surface area (Å²) in [7, 11) is -0.790. The Morgan fingerprint density at radius 1 is 1.15 bits per heavy atom. The van der Waals surface area contributed by atoms with Crippen molar-refractivity contribution in [2.24, 2.45) is 11.8 Å². The van der Waals surface area contributed by atoms with Gasteiger partial charge in [0.25, 0.3) is 15.9 Å². The summed E-state index contributed by atoms with van der Waals surface area (Å²) in [5.41, 5.74) is 1.35. The summed E-state index contributed by atoms with van der Waals surface area (Å²) in [6.07, 6.45) is 8.48. The van der Waals surface area contributed by atoms with Crippen LogP contribution in [-0.2, 0) is 31.4 Å². The second-order valence-corrected chi connectivity index (χ2v) is 15.9. The highest BCUT2D eigenvalue weighted by atomic mass is 35.5. The number of carbonyl (C=O) groups excluding carboxylic acids is 2. The van der Waals surface area contributed by atoms with Crippen LogP contribution in [0.15, 0.2) is 53.4 Å². The molecule has 2 aromatic carbocycles. The van der Waals surface area contributed by atoms with Gasteiger partial charge in [-0.1, -0.05) is 29.8 Å². The average Bonchev–Trinajstić information content (AvgIpc) is 3.13. The lowest BCUT2D eigenvalue weighted by molar-refractivity contribution is -0.139. The molecule has 4 aliphatic rings. The Kier molecular flexibility index (Phi) is 8.80. The zero-order chi connectivity index (χ0) is 32.9. The van der Waals surface area contributed by atoms with Crippen molar-refractivity contribution in [3.05, 3.63) is 64.7 Å². The zero-order valence-electron chi connectivity index (χ0n) is 26.8. The predicted molar refractivity (Wildman–Crippen MR) is 177 cm³/mol. The van der Waals surface area contributed by atoms with Gasteiger partial charge >= 0.3 is 6.03 Å². The minimum atomic E-state index is -4.22. The lowest BCUT2D eigenvalue weighted by atomic mass is 9.68. The van der Waals surface area contributed by atoms with Gasteiger partial charge in [-0.2, -0.15) is 0 Å². The Morgan fingerprint density at radius 2 is 1.96 bits per heavy atom. The van der Waals surface area contributed by atoms with Crippen molar-refractivity contribution in [1.82, 2.24) is 14.9 Å². The molecule has 6 rings (SSSR count). The van der Waals surface area contributed by atoms with E-state index >= 15 is 0 Å². The first-order valence-corrected chi connectivity index (χ1v) is 17.8. The van der Waals surface area contributed by atoms with Gasteiger partial charge in [-0.25, -0.2) is 17.9 Å². The summed E-state index contributed by atoms with van der Waals surface area (Å²) in [5, 5.41) is 3.88. The third-order valence-corrected chi connectivity index (χ3v) is 11.6. The molecule has 0 saturated heterocycles. The summed E-state index contributed by atoms with van der Waals surface area (Å²) in [6.45, 7) is 4.84. The van der Waals surface area contributed by atoms with Gasteiger partial charge in [-0.3, -0.25) is 4.79 Å². The van der Waals surface area contributed by atoms with Crippen LogP contribution in [0.2, 0.25) is 5.02 Å². The summed E-state index contributed by atoms with van der Waals surface area (Å²) in [4.78, 5) is 29.8. The molecule has 1 saturated carbocycles. The van der Waals surface area contributed by atoms with Crippen molar-refractivity contribution in [3.63, 3.8) is 0 Å². The minimum Gasteiger partial charge on any atom is -0.490 e. The normalized spacial score (nSPS) is 29.1. The standard InChI is InChI=1S/C34H43ClN4O6S/c1-33(2)31(40)37-46(42,43)25-11-14-30-29(18-25)39(20-34(21-44-30)15-5-7-22-17-24(35)10-13-27(22)34)19-23-9-12-26(23)28(8-6-16-45-33)36-32(41)38(3)4/h6,8,10-11,13-14,17-18,23,26,28H,5,7,9,12,15-16,19-21H2,1-4H3,(H,36,41)(H,37,40)/b8-6+/t23-,26+,28-,34-/m0/s1. The summed E-state index contributed by atoms with van der Waals surface area (Å²) in [6, 6.07) is 10.5. The number of nitrogens with zero attached hydrogens (tertiary/aromatic N) is 2. The number of carbonyl (C=O) groups is 2. The highest BCUT2D eigenvalue weighted by molar-refractivity contribution is 7.90. The quantitative estimate of drug-likeness (QED) is 0.425. The van der Waals surface area contributed by atoms with E-state index in [1.165, 1.54) is 35.9 Å². The van der Waals surface area contributed by atoms with Gasteiger partial charge in [0.2, 0.25) is 0 Å². The molecule has 0 radical (unpaired) electrons. The molecule has 2 aromatic rings. The first-order chi connectivity index (χ1) is 21.8. The minimum absolute atomic E-state index is 0.0240. The number of halogens is 1. The summed E-state index contributed by atoms with van der Waals surface area (Å²) < 4.78 is 41.7. The summed E-state index contributed by atoms with van der Waals surface area (Å²) in [5.74, 6) is 0.196. The van der Waals surface area contributed by atoms with E-state index in [2.05, 4.69) is 27.1 Å². The molecule has 12 heteroatoms. The number of hydrogen-bond acceptors (Lipinski definition) is 7. The molecule has 2 aliphatic carbocycles. The van der Waals surface area contributed by atoms with E-state index in [1.807, 2.05) is 12.1 Å². The fraction of sp³-hybridized carbons (Fsp3) is 0.529. The maximum absolute atomic E-state index is 13.6. The zero-order valence-corrected chi connectivity index (χ0v) is 28.4. The molecular formula is C34H43ClN4O6S. The van der Waals surface area contributed by atoms with E-state index in [-0.39, 0.29) is 40.8 Å². The van der Waals surface area contributed by atoms with Crippen LogP contribution in [0.4, 0.5) is 10.5 Å². The van der Waals surface area contributed by atoms with Crippen molar-refractivity contribution in [3.8, 4) is 5.75 Å². The number of anilines is 1. The van der Waals surface area contributed by atoms with Crippen LogP contribution in [0.25, 0.3) is 0 Å². The highest BCUT2D eigenvalue weighted by Crippen LogP contribution is 2.47. The lowest BCUT2D eigenvalue weighted by Gasteiger charge is -2.46. The van der Waals surface area contributed by atoms with Gasteiger partial charge in [0, 0.05) is 37.6 Å². The van der Waals surface area contributed by atoms with Crippen LogP contribution in [0, 0.1) is 11.8 Å². The summed E-state index contributed by atoms with van der Waals surface area (Å²) >= 11 is 6.41. The molecule has 1 fully saturated rings. The first-order valence-electron chi connectivity index (χ1n) is 15.9. The SMILES string of the molecule is CN(C)C(=O)N[C@H]1/C=C/COC(C)(C)C(=O)NS(=O)(=O)c2ccc3c(c2)N(C[C@@H]2CC[C@H]21)C[C@@]1(CCCc2cc(Cl)ccc21)CO3. The predicted octanol–water partition coefficient (Wildman–Crippen LogP) is 4.65. The van der Waals surface area contributed by atoms with Crippen LogP contribution in [-0.4, -0.2) is 77.3 Å². The lowest BCUT2D eigenvalue weighted by Crippen LogP contribution is -2.53. The number of amides is 3. The third kappa shape index (κ3) is 6.33. The van der Waals surface area contributed by atoms with E-state index < -0.39 is 21.5 Å². The molecule has 2 bridgehead atoms. The molecule has 4 atom stereocenters. The van der Waals surface area contributed by atoms with Crippen molar-refractivity contribution >= 4 is 39.2 Å². The second kappa shape index (κ2) is 12.4. The van der Waals surface area contributed by atoms with Crippen LogP contribution >= 0.6 is 11.6 Å². The topological polar surface area (TPSA) is 117 Å². The second-order valence-electron chi connectivity index (χ2n) is 13.8. The largest absolute Gasteiger partial charge is 0.490 e. The molecule has 0 aromatic heterocycles. The van der Waals surface area contributed by atoms with Crippen molar-refractivity contribution in [1.29, 1.82) is 0 Å². The number of nitrogens with one attached hydrogen (secondary N) is 2. The van der Waals surface area contributed by atoms with Crippen LogP contribution in [0.5, 0.6) is 5.75 Å². The molecule has 1 spiro atoms. The number of benzene rings is 2. The molecule has 2 aliphatic heterocycles. The molecule has 3 amide bonds. The first kappa shape index (κ1) is 32.7. The van der Waals surface area contributed by atoms with Gasteiger partial charge in [0.05, 0.1) is 29.8 Å². The number of ether oxygens (including phenoxy) is 2. The Labute approximate surface area is 276 Å². The van der Waals surface area contributed by atoms with Crippen molar-refractivity contribution in [2.75, 3.05) is 45.3 Å². The molecule has 46 heavy (non-hydrogen) atoms. The number of aryl methyl sites for hydroxylation is 1. The molecule has 2 heterocycles. The monoisotopic (exact) mass is 670 g/mol. The molecule has 2 N–H and O–H groups in total.